The zero-order valence-corrected chi connectivity index (χ0v) is 13.0. The molecule has 0 aliphatic rings. The average molecular weight is 299 g/mol. The van der Waals surface area contributed by atoms with Crippen molar-refractivity contribution in [1.82, 2.24) is 9.78 Å². The number of benzene rings is 1. The number of para-hydroxylation sites is 1. The monoisotopic (exact) mass is 298 g/mol. The van der Waals surface area contributed by atoms with Gasteiger partial charge < -0.3 is 0 Å². The maximum Gasteiger partial charge on any atom is 0.0709 e. The van der Waals surface area contributed by atoms with Crippen LogP contribution in [0.25, 0.3) is 10.9 Å². The van der Waals surface area contributed by atoms with Gasteiger partial charge in [0.25, 0.3) is 0 Å². The highest BCUT2D eigenvalue weighted by atomic mass is 35.5. The van der Waals surface area contributed by atoms with E-state index in [1.165, 1.54) is 5.39 Å². The fourth-order valence-electron chi connectivity index (χ4n) is 2.66. The van der Waals surface area contributed by atoms with E-state index in [0.717, 1.165) is 30.5 Å². The summed E-state index contributed by atoms with van der Waals surface area (Å²) in [6.07, 6.45) is 2.96. The van der Waals surface area contributed by atoms with Crippen molar-refractivity contribution in [2.24, 2.45) is 12.5 Å². The summed E-state index contributed by atoms with van der Waals surface area (Å²) in [6, 6.07) is 8.30. The number of rotatable bonds is 6. The molecule has 0 saturated heterocycles. The topological polar surface area (TPSA) is 17.8 Å². The van der Waals surface area contributed by atoms with E-state index in [4.69, 9.17) is 23.2 Å². The molecule has 0 unspecified atom stereocenters. The molecule has 0 fully saturated rings. The second kappa shape index (κ2) is 6.15. The van der Waals surface area contributed by atoms with Gasteiger partial charge >= 0.3 is 0 Å². The Kier molecular flexibility index (Phi) is 4.75. The minimum Gasteiger partial charge on any atom is -0.268 e. The van der Waals surface area contributed by atoms with Crippen LogP contribution >= 0.6 is 23.2 Å². The van der Waals surface area contributed by atoms with Gasteiger partial charge in [-0.15, -0.1) is 23.2 Å². The Labute approximate surface area is 124 Å². The van der Waals surface area contributed by atoms with Crippen LogP contribution in [0.1, 0.15) is 25.5 Å². The average Bonchev–Trinajstić information content (AvgIpc) is 2.75. The number of hydrogen-bond donors (Lipinski definition) is 0. The standard InChI is InChI=1S/C15H20Cl2N2/c1-3-8-15(10-16,11-17)9-13-12-6-4-5-7-14(12)19(2)18-13/h4-7H,3,8-11H2,1-2H3. The second-order valence-electron chi connectivity index (χ2n) is 5.28. The number of aromatic nitrogens is 2. The molecular formula is C15H20Cl2N2. The molecule has 2 rings (SSSR count). The van der Waals surface area contributed by atoms with E-state index in [1.54, 1.807) is 0 Å². The Balaban J connectivity index is 2.39. The molecule has 1 aromatic heterocycles. The summed E-state index contributed by atoms with van der Waals surface area (Å²) in [5.74, 6) is 1.16. The highest BCUT2D eigenvalue weighted by Crippen LogP contribution is 2.33. The fourth-order valence-corrected chi connectivity index (χ4v) is 3.40. The van der Waals surface area contributed by atoms with Crippen molar-refractivity contribution in [2.45, 2.75) is 26.2 Å². The first kappa shape index (κ1) is 14.7. The lowest BCUT2D eigenvalue weighted by Gasteiger charge is -2.28. The summed E-state index contributed by atoms with van der Waals surface area (Å²) in [5, 5.41) is 5.86. The Morgan fingerprint density at radius 2 is 1.89 bits per heavy atom. The summed E-state index contributed by atoms with van der Waals surface area (Å²) in [5.41, 5.74) is 2.22. The van der Waals surface area contributed by atoms with E-state index in [1.807, 2.05) is 17.8 Å². The van der Waals surface area contributed by atoms with Crippen LogP contribution in [0.5, 0.6) is 0 Å². The molecule has 0 spiro atoms. The summed E-state index contributed by atoms with van der Waals surface area (Å²) >= 11 is 12.4. The van der Waals surface area contributed by atoms with Crippen LogP contribution in [-0.2, 0) is 13.5 Å². The maximum atomic E-state index is 6.19. The number of alkyl halides is 2. The van der Waals surface area contributed by atoms with Gasteiger partial charge in [-0.1, -0.05) is 31.5 Å². The van der Waals surface area contributed by atoms with Gasteiger partial charge in [0.2, 0.25) is 0 Å². The first-order chi connectivity index (χ1) is 9.15. The normalized spacial score (nSPS) is 12.2. The number of nitrogens with zero attached hydrogens (tertiary/aromatic N) is 2. The van der Waals surface area contributed by atoms with Crippen molar-refractivity contribution < 1.29 is 0 Å². The lowest BCUT2D eigenvalue weighted by molar-refractivity contribution is 0.337. The maximum absolute atomic E-state index is 6.19. The molecule has 1 aromatic carbocycles. The quantitative estimate of drug-likeness (QED) is 0.724. The number of hydrogen-bond acceptors (Lipinski definition) is 1. The predicted octanol–water partition coefficient (Wildman–Crippen LogP) is 4.38. The number of halogens is 2. The molecule has 19 heavy (non-hydrogen) atoms. The lowest BCUT2D eigenvalue weighted by Crippen LogP contribution is -2.28. The van der Waals surface area contributed by atoms with Crippen molar-refractivity contribution >= 4 is 34.1 Å². The van der Waals surface area contributed by atoms with Crippen molar-refractivity contribution in [2.75, 3.05) is 11.8 Å². The van der Waals surface area contributed by atoms with E-state index in [9.17, 15) is 0 Å². The van der Waals surface area contributed by atoms with Gasteiger partial charge in [-0.2, -0.15) is 5.10 Å². The van der Waals surface area contributed by atoms with E-state index in [-0.39, 0.29) is 5.41 Å². The third-order valence-electron chi connectivity index (χ3n) is 3.72. The Morgan fingerprint density at radius 3 is 2.53 bits per heavy atom. The van der Waals surface area contributed by atoms with Crippen molar-refractivity contribution in [3.05, 3.63) is 30.0 Å². The summed E-state index contributed by atoms with van der Waals surface area (Å²) in [6.45, 7) is 2.17. The van der Waals surface area contributed by atoms with Crippen LogP contribution in [0.3, 0.4) is 0 Å². The van der Waals surface area contributed by atoms with Crippen LogP contribution in [0.4, 0.5) is 0 Å². The molecule has 0 N–H and O–H groups in total. The SMILES string of the molecule is CCCC(CCl)(CCl)Cc1nn(C)c2ccccc12. The number of aryl methyl sites for hydroxylation is 1. The third kappa shape index (κ3) is 2.90. The molecule has 0 aliphatic heterocycles. The zero-order valence-electron chi connectivity index (χ0n) is 11.5. The van der Waals surface area contributed by atoms with Crippen LogP contribution in [-0.4, -0.2) is 21.5 Å². The minimum atomic E-state index is -0.0466. The molecule has 2 nitrogen and oxygen atoms in total. The molecule has 0 radical (unpaired) electrons. The lowest BCUT2D eigenvalue weighted by atomic mass is 9.82. The molecular weight excluding hydrogens is 279 g/mol. The minimum absolute atomic E-state index is 0.0466. The highest BCUT2D eigenvalue weighted by molar-refractivity contribution is 6.21. The van der Waals surface area contributed by atoms with Crippen LogP contribution in [0.2, 0.25) is 0 Å². The van der Waals surface area contributed by atoms with Gasteiger partial charge in [-0.25, -0.2) is 0 Å². The molecule has 0 atom stereocenters. The molecule has 1 heterocycles. The summed E-state index contributed by atoms with van der Waals surface area (Å²) in [4.78, 5) is 0. The molecule has 4 heteroatoms. The molecule has 2 aromatic rings. The summed E-state index contributed by atoms with van der Waals surface area (Å²) < 4.78 is 1.93. The molecule has 0 bridgehead atoms. The van der Waals surface area contributed by atoms with Gasteiger partial charge in [-0.3, -0.25) is 4.68 Å². The van der Waals surface area contributed by atoms with Gasteiger partial charge in [0.1, 0.15) is 0 Å². The van der Waals surface area contributed by atoms with Crippen molar-refractivity contribution in [3.63, 3.8) is 0 Å². The highest BCUT2D eigenvalue weighted by Gasteiger charge is 2.29. The Bertz CT molecular complexity index is 544. The predicted molar refractivity (Wildman–Crippen MR) is 83.2 cm³/mol. The Hall–Kier alpha value is -0.730. The van der Waals surface area contributed by atoms with Gasteiger partial charge in [-0.05, 0) is 12.5 Å². The van der Waals surface area contributed by atoms with Crippen LogP contribution in [0, 0.1) is 5.41 Å². The van der Waals surface area contributed by atoms with Crippen molar-refractivity contribution in [1.29, 1.82) is 0 Å². The van der Waals surface area contributed by atoms with Crippen LogP contribution in [0.15, 0.2) is 24.3 Å². The van der Waals surface area contributed by atoms with Crippen LogP contribution < -0.4 is 0 Å². The fraction of sp³-hybridized carbons (Fsp3) is 0.533. The molecule has 104 valence electrons. The van der Waals surface area contributed by atoms with Gasteiger partial charge in [0, 0.05) is 36.0 Å². The first-order valence-corrected chi connectivity index (χ1v) is 7.75. The van der Waals surface area contributed by atoms with Crippen molar-refractivity contribution in [3.8, 4) is 0 Å². The number of fused-ring (bicyclic) bond motifs is 1. The van der Waals surface area contributed by atoms with E-state index in [0.29, 0.717) is 11.8 Å². The van der Waals surface area contributed by atoms with E-state index in [2.05, 4.69) is 30.2 Å². The van der Waals surface area contributed by atoms with Gasteiger partial charge in [0.15, 0.2) is 0 Å². The van der Waals surface area contributed by atoms with E-state index < -0.39 is 0 Å². The third-order valence-corrected chi connectivity index (χ3v) is 4.86. The largest absolute Gasteiger partial charge is 0.268 e. The Morgan fingerprint density at radius 1 is 1.21 bits per heavy atom. The van der Waals surface area contributed by atoms with E-state index >= 15 is 0 Å². The molecule has 0 aliphatic carbocycles. The van der Waals surface area contributed by atoms with Gasteiger partial charge in [0.05, 0.1) is 11.2 Å². The second-order valence-corrected chi connectivity index (χ2v) is 5.82. The molecule has 0 saturated carbocycles. The molecule has 0 amide bonds. The zero-order chi connectivity index (χ0) is 13.9. The smallest absolute Gasteiger partial charge is 0.0709 e. The summed E-state index contributed by atoms with van der Waals surface area (Å²) in [7, 11) is 1.98. The first-order valence-electron chi connectivity index (χ1n) is 6.68.